The summed E-state index contributed by atoms with van der Waals surface area (Å²) in [6, 6.07) is 0.362. The van der Waals surface area contributed by atoms with Gasteiger partial charge in [-0.05, 0) is 32.1 Å². The molecule has 0 aliphatic rings. The van der Waals surface area contributed by atoms with Crippen LogP contribution in [0.4, 0.5) is 0 Å². The molecule has 0 aliphatic carbocycles. The normalized spacial score (nSPS) is 16.5. The molecule has 2 heteroatoms. The van der Waals surface area contributed by atoms with Crippen molar-refractivity contribution in [2.75, 3.05) is 27.2 Å². The Labute approximate surface area is 103 Å². The van der Waals surface area contributed by atoms with E-state index in [2.05, 4.69) is 41.8 Å². The van der Waals surface area contributed by atoms with Gasteiger partial charge in [0.15, 0.2) is 0 Å². The first-order valence-electron chi connectivity index (χ1n) is 6.80. The quantitative estimate of drug-likeness (QED) is 0.636. The summed E-state index contributed by atoms with van der Waals surface area (Å²) in [5, 5.41) is 0. The van der Waals surface area contributed by atoms with E-state index in [4.69, 9.17) is 5.73 Å². The second-order valence-electron chi connectivity index (χ2n) is 6.68. The van der Waals surface area contributed by atoms with Gasteiger partial charge in [0.05, 0.1) is 27.2 Å². The molecule has 98 valence electrons. The number of hydrogen-bond acceptors (Lipinski definition) is 1. The second-order valence-corrected chi connectivity index (χ2v) is 6.68. The lowest BCUT2D eigenvalue weighted by Gasteiger charge is -2.32. The zero-order valence-corrected chi connectivity index (χ0v) is 12.3. The second kappa shape index (κ2) is 7.29. The average molecular weight is 229 g/mol. The van der Waals surface area contributed by atoms with Crippen molar-refractivity contribution < 1.29 is 4.48 Å². The van der Waals surface area contributed by atoms with Gasteiger partial charge in [0.25, 0.3) is 0 Å². The number of nitrogens with two attached hydrogens (primary N) is 1. The Balaban J connectivity index is 3.76. The van der Waals surface area contributed by atoms with Crippen molar-refractivity contribution in [2.45, 2.75) is 53.0 Å². The average Bonchev–Trinajstić information content (AvgIpc) is 2.09. The summed E-state index contributed by atoms with van der Waals surface area (Å²) in [5.74, 6) is 1.60. The Kier molecular flexibility index (Phi) is 7.25. The van der Waals surface area contributed by atoms with Crippen LogP contribution >= 0.6 is 0 Å². The molecule has 0 aromatic carbocycles. The van der Waals surface area contributed by atoms with Crippen LogP contribution in [-0.2, 0) is 0 Å². The third-order valence-corrected chi connectivity index (χ3v) is 3.20. The van der Waals surface area contributed by atoms with Crippen molar-refractivity contribution in [1.82, 2.24) is 0 Å². The van der Waals surface area contributed by atoms with Crippen molar-refractivity contribution in [3.8, 4) is 0 Å². The van der Waals surface area contributed by atoms with Gasteiger partial charge in [-0.1, -0.05) is 20.8 Å². The first-order chi connectivity index (χ1) is 7.23. The fraction of sp³-hybridized carbons (Fsp3) is 1.00. The van der Waals surface area contributed by atoms with E-state index in [1.807, 2.05) is 0 Å². The summed E-state index contributed by atoms with van der Waals surface area (Å²) < 4.78 is 1.15. The molecule has 0 aliphatic heterocycles. The molecule has 0 fully saturated rings. The molecule has 0 bridgehead atoms. The SMILES string of the molecule is CC(C)C[N+](C)(C)CCC(C)CCC(C)N. The van der Waals surface area contributed by atoms with E-state index in [-0.39, 0.29) is 0 Å². The Hall–Kier alpha value is -0.0800. The van der Waals surface area contributed by atoms with E-state index in [1.165, 1.54) is 32.4 Å². The van der Waals surface area contributed by atoms with E-state index in [1.54, 1.807) is 0 Å². The highest BCUT2D eigenvalue weighted by molar-refractivity contribution is 4.59. The van der Waals surface area contributed by atoms with Gasteiger partial charge in [-0.25, -0.2) is 0 Å². The molecule has 0 aromatic rings. The van der Waals surface area contributed by atoms with Gasteiger partial charge < -0.3 is 10.2 Å². The van der Waals surface area contributed by atoms with Gasteiger partial charge in [0, 0.05) is 12.0 Å². The minimum atomic E-state index is 0.362. The third kappa shape index (κ3) is 9.17. The van der Waals surface area contributed by atoms with Crippen molar-refractivity contribution in [1.29, 1.82) is 0 Å². The summed E-state index contributed by atoms with van der Waals surface area (Å²) >= 11 is 0. The Morgan fingerprint density at radius 3 is 1.94 bits per heavy atom. The molecule has 2 N–H and O–H groups in total. The van der Waals surface area contributed by atoms with Crippen molar-refractivity contribution >= 4 is 0 Å². The van der Waals surface area contributed by atoms with Gasteiger partial charge >= 0.3 is 0 Å². The Bertz CT molecular complexity index is 174. The number of rotatable bonds is 8. The van der Waals surface area contributed by atoms with E-state index < -0.39 is 0 Å². The fourth-order valence-corrected chi connectivity index (χ4v) is 2.34. The van der Waals surface area contributed by atoms with Gasteiger partial charge in [-0.3, -0.25) is 0 Å². The summed E-state index contributed by atoms with van der Waals surface area (Å²) in [5.41, 5.74) is 5.78. The molecule has 0 heterocycles. The summed E-state index contributed by atoms with van der Waals surface area (Å²) in [4.78, 5) is 0. The van der Waals surface area contributed by atoms with E-state index >= 15 is 0 Å². The van der Waals surface area contributed by atoms with Crippen LogP contribution in [0.2, 0.25) is 0 Å². The van der Waals surface area contributed by atoms with Crippen LogP contribution in [0.5, 0.6) is 0 Å². The van der Waals surface area contributed by atoms with Crippen molar-refractivity contribution in [3.63, 3.8) is 0 Å². The lowest BCUT2D eigenvalue weighted by atomic mass is 9.98. The highest BCUT2D eigenvalue weighted by Crippen LogP contribution is 2.15. The van der Waals surface area contributed by atoms with Crippen LogP contribution in [0, 0.1) is 11.8 Å². The maximum Gasteiger partial charge on any atom is 0.0805 e. The van der Waals surface area contributed by atoms with Crippen LogP contribution in [0.25, 0.3) is 0 Å². The lowest BCUT2D eigenvalue weighted by molar-refractivity contribution is -0.893. The smallest absolute Gasteiger partial charge is 0.0805 e. The van der Waals surface area contributed by atoms with Crippen LogP contribution in [0.3, 0.4) is 0 Å². The van der Waals surface area contributed by atoms with Crippen LogP contribution < -0.4 is 5.73 Å². The molecular formula is C14H33N2+. The van der Waals surface area contributed by atoms with Crippen LogP contribution in [-0.4, -0.2) is 37.7 Å². The largest absolute Gasteiger partial charge is 0.328 e. The molecule has 0 spiro atoms. The highest BCUT2D eigenvalue weighted by atomic mass is 15.3. The molecule has 0 radical (unpaired) electrons. The summed E-state index contributed by atoms with van der Waals surface area (Å²) in [6.45, 7) is 11.6. The van der Waals surface area contributed by atoms with Crippen molar-refractivity contribution in [2.24, 2.45) is 17.6 Å². The lowest BCUT2D eigenvalue weighted by Crippen LogP contribution is -2.43. The minimum Gasteiger partial charge on any atom is -0.328 e. The number of nitrogens with zero attached hydrogens (tertiary/aromatic N) is 1. The molecule has 2 nitrogen and oxygen atoms in total. The molecule has 0 rings (SSSR count). The highest BCUT2D eigenvalue weighted by Gasteiger charge is 2.18. The monoisotopic (exact) mass is 229 g/mol. The molecule has 2 unspecified atom stereocenters. The van der Waals surface area contributed by atoms with Crippen LogP contribution in [0.1, 0.15) is 47.0 Å². The Morgan fingerprint density at radius 2 is 1.50 bits per heavy atom. The van der Waals surface area contributed by atoms with Crippen molar-refractivity contribution in [3.05, 3.63) is 0 Å². The standard InChI is InChI=1S/C14H33N2/c1-12(2)11-16(5,6)10-9-13(3)7-8-14(4)15/h12-14H,7-11,15H2,1-6H3/q+1. The summed E-state index contributed by atoms with van der Waals surface area (Å²) in [7, 11) is 4.69. The molecule has 2 atom stereocenters. The zero-order valence-electron chi connectivity index (χ0n) is 12.3. The fourth-order valence-electron chi connectivity index (χ4n) is 2.34. The summed E-state index contributed by atoms with van der Waals surface area (Å²) in [6.07, 6.45) is 3.77. The molecule has 16 heavy (non-hydrogen) atoms. The van der Waals surface area contributed by atoms with E-state index in [9.17, 15) is 0 Å². The third-order valence-electron chi connectivity index (χ3n) is 3.20. The topological polar surface area (TPSA) is 26.0 Å². The van der Waals surface area contributed by atoms with Gasteiger partial charge in [-0.15, -0.1) is 0 Å². The van der Waals surface area contributed by atoms with Crippen LogP contribution in [0.15, 0.2) is 0 Å². The maximum atomic E-state index is 5.78. The minimum absolute atomic E-state index is 0.362. The molecular weight excluding hydrogens is 196 g/mol. The molecule has 0 saturated carbocycles. The van der Waals surface area contributed by atoms with Gasteiger partial charge in [-0.2, -0.15) is 0 Å². The first kappa shape index (κ1) is 15.9. The first-order valence-corrected chi connectivity index (χ1v) is 6.80. The number of hydrogen-bond donors (Lipinski definition) is 1. The predicted molar refractivity (Wildman–Crippen MR) is 73.3 cm³/mol. The molecule has 0 amide bonds. The van der Waals surface area contributed by atoms with E-state index in [0.717, 1.165) is 16.3 Å². The molecule has 0 aromatic heterocycles. The van der Waals surface area contributed by atoms with E-state index in [0.29, 0.717) is 6.04 Å². The van der Waals surface area contributed by atoms with Gasteiger partial charge in [0.2, 0.25) is 0 Å². The predicted octanol–water partition coefficient (Wildman–Crippen LogP) is 2.87. The van der Waals surface area contributed by atoms with Gasteiger partial charge in [0.1, 0.15) is 0 Å². The maximum absolute atomic E-state index is 5.78. The number of quaternary nitrogens is 1. The Morgan fingerprint density at radius 1 is 0.938 bits per heavy atom. The zero-order chi connectivity index (χ0) is 12.8. The molecule has 0 saturated heterocycles.